The molecule has 1 aromatic carbocycles. The van der Waals surface area contributed by atoms with Crippen molar-refractivity contribution in [3.63, 3.8) is 0 Å². The number of nitrogens with two attached hydrogens (primary N) is 1. The predicted molar refractivity (Wildman–Crippen MR) is 79.5 cm³/mol. The van der Waals surface area contributed by atoms with Gasteiger partial charge in [-0.3, -0.25) is 4.90 Å². The first-order valence-electron chi connectivity index (χ1n) is 7.19. The van der Waals surface area contributed by atoms with E-state index in [1.165, 1.54) is 5.56 Å². The van der Waals surface area contributed by atoms with E-state index in [0.717, 1.165) is 31.8 Å². The number of piperidine rings is 1. The van der Waals surface area contributed by atoms with Crippen molar-refractivity contribution in [3.05, 3.63) is 22.7 Å². The Morgan fingerprint density at radius 2 is 2.15 bits per heavy atom. The van der Waals surface area contributed by atoms with Gasteiger partial charge in [-0.2, -0.15) is 0 Å². The molecular weight excluding hydrogens is 276 g/mol. The molecule has 1 aromatic rings. The van der Waals surface area contributed by atoms with Gasteiger partial charge in [0.05, 0.1) is 5.02 Å². The Balaban J connectivity index is 1.73. The van der Waals surface area contributed by atoms with Gasteiger partial charge in [0.1, 0.15) is 13.2 Å². The molecule has 0 unspecified atom stereocenters. The zero-order valence-corrected chi connectivity index (χ0v) is 12.5. The van der Waals surface area contributed by atoms with E-state index in [1.54, 1.807) is 0 Å². The standard InChI is InChI=1S/C15H21ClN2O2/c1-10-8-18(3-2-13(10)17)9-11-6-12(16)15-14(7-11)19-4-5-20-15/h6-7,10,13H,2-5,8-9,17H2,1H3/t10-,13+/m0/s1. The van der Waals surface area contributed by atoms with E-state index < -0.39 is 0 Å². The van der Waals surface area contributed by atoms with Gasteiger partial charge in [0.15, 0.2) is 11.5 Å². The van der Waals surface area contributed by atoms with Crippen molar-refractivity contribution in [3.8, 4) is 11.5 Å². The van der Waals surface area contributed by atoms with Gasteiger partial charge in [-0.05, 0) is 36.6 Å². The Kier molecular flexibility index (Phi) is 4.06. The maximum Gasteiger partial charge on any atom is 0.179 e. The Bertz CT molecular complexity index is 495. The minimum Gasteiger partial charge on any atom is -0.486 e. The van der Waals surface area contributed by atoms with Gasteiger partial charge in [0.2, 0.25) is 0 Å². The molecule has 0 radical (unpaired) electrons. The van der Waals surface area contributed by atoms with Gasteiger partial charge in [-0.1, -0.05) is 18.5 Å². The Labute approximate surface area is 124 Å². The second kappa shape index (κ2) is 5.80. The summed E-state index contributed by atoms with van der Waals surface area (Å²) in [7, 11) is 0. The van der Waals surface area contributed by atoms with Gasteiger partial charge in [0, 0.05) is 19.1 Å². The lowest BCUT2D eigenvalue weighted by molar-refractivity contribution is 0.156. The third-order valence-corrected chi connectivity index (χ3v) is 4.40. The van der Waals surface area contributed by atoms with Crippen LogP contribution in [0.15, 0.2) is 12.1 Å². The molecule has 0 spiro atoms. The van der Waals surface area contributed by atoms with Crippen LogP contribution in [0.2, 0.25) is 5.02 Å². The summed E-state index contributed by atoms with van der Waals surface area (Å²) in [5.74, 6) is 1.98. The molecule has 2 atom stereocenters. The lowest BCUT2D eigenvalue weighted by atomic mass is 9.94. The molecule has 0 saturated carbocycles. The molecule has 0 aromatic heterocycles. The van der Waals surface area contributed by atoms with Crippen molar-refractivity contribution < 1.29 is 9.47 Å². The first kappa shape index (κ1) is 14.0. The zero-order chi connectivity index (χ0) is 14.1. The Morgan fingerprint density at radius 3 is 2.95 bits per heavy atom. The summed E-state index contributed by atoms with van der Waals surface area (Å²) in [6.45, 7) is 6.32. The van der Waals surface area contributed by atoms with E-state index in [4.69, 9.17) is 26.8 Å². The number of hydrogen-bond donors (Lipinski definition) is 1. The highest BCUT2D eigenvalue weighted by Crippen LogP contribution is 2.38. The summed E-state index contributed by atoms with van der Waals surface area (Å²) in [6, 6.07) is 4.35. The van der Waals surface area contributed by atoms with Crippen LogP contribution in [0.1, 0.15) is 18.9 Å². The molecule has 2 heterocycles. The summed E-state index contributed by atoms with van der Waals surface area (Å²) in [6.07, 6.45) is 1.06. The van der Waals surface area contributed by atoms with Crippen LogP contribution in [-0.4, -0.2) is 37.2 Å². The van der Waals surface area contributed by atoms with E-state index in [9.17, 15) is 0 Å². The fourth-order valence-corrected chi connectivity index (χ4v) is 3.20. The lowest BCUT2D eigenvalue weighted by Gasteiger charge is -2.35. The van der Waals surface area contributed by atoms with E-state index in [-0.39, 0.29) is 0 Å². The molecule has 0 bridgehead atoms. The average molecular weight is 297 g/mol. The number of halogens is 1. The Hall–Kier alpha value is -0.970. The molecule has 2 aliphatic heterocycles. The second-order valence-corrected chi connectivity index (χ2v) is 6.17. The number of ether oxygens (including phenoxy) is 2. The molecule has 5 heteroatoms. The van der Waals surface area contributed by atoms with Crippen molar-refractivity contribution >= 4 is 11.6 Å². The predicted octanol–water partition coefficient (Wildman–Crippen LogP) is 2.28. The number of rotatable bonds is 2. The molecule has 2 N–H and O–H groups in total. The van der Waals surface area contributed by atoms with Gasteiger partial charge >= 0.3 is 0 Å². The number of benzene rings is 1. The van der Waals surface area contributed by atoms with Crippen LogP contribution in [0.4, 0.5) is 0 Å². The average Bonchev–Trinajstić information content (AvgIpc) is 2.43. The molecule has 4 nitrogen and oxygen atoms in total. The van der Waals surface area contributed by atoms with E-state index in [0.29, 0.717) is 35.9 Å². The van der Waals surface area contributed by atoms with E-state index in [1.807, 2.05) is 12.1 Å². The third kappa shape index (κ3) is 2.87. The highest BCUT2D eigenvalue weighted by molar-refractivity contribution is 6.32. The minimum atomic E-state index is 0.329. The summed E-state index contributed by atoms with van der Waals surface area (Å²) in [5.41, 5.74) is 7.23. The maximum atomic E-state index is 6.27. The van der Waals surface area contributed by atoms with Crippen LogP contribution < -0.4 is 15.2 Å². The fourth-order valence-electron chi connectivity index (χ4n) is 2.91. The van der Waals surface area contributed by atoms with Crippen LogP contribution >= 0.6 is 11.6 Å². The highest BCUT2D eigenvalue weighted by Gasteiger charge is 2.24. The summed E-state index contributed by atoms with van der Waals surface area (Å²) >= 11 is 6.27. The summed E-state index contributed by atoms with van der Waals surface area (Å²) in [5, 5.41) is 0.638. The van der Waals surface area contributed by atoms with Gasteiger partial charge in [-0.15, -0.1) is 0 Å². The van der Waals surface area contributed by atoms with E-state index >= 15 is 0 Å². The molecule has 0 aliphatic carbocycles. The first-order chi connectivity index (χ1) is 9.63. The maximum absolute atomic E-state index is 6.27. The van der Waals surface area contributed by atoms with Crippen LogP contribution in [0, 0.1) is 5.92 Å². The lowest BCUT2D eigenvalue weighted by Crippen LogP contribution is -2.45. The first-order valence-corrected chi connectivity index (χ1v) is 7.57. The number of hydrogen-bond acceptors (Lipinski definition) is 4. The van der Waals surface area contributed by atoms with Crippen molar-refractivity contribution in [2.75, 3.05) is 26.3 Å². The SMILES string of the molecule is C[C@H]1CN(Cc2cc(Cl)c3c(c2)OCCO3)CC[C@H]1N. The highest BCUT2D eigenvalue weighted by atomic mass is 35.5. The fraction of sp³-hybridized carbons (Fsp3) is 0.600. The summed E-state index contributed by atoms with van der Waals surface area (Å²) in [4.78, 5) is 2.43. The number of fused-ring (bicyclic) bond motifs is 1. The third-order valence-electron chi connectivity index (χ3n) is 4.12. The normalized spacial score (nSPS) is 26.6. The quantitative estimate of drug-likeness (QED) is 0.909. The van der Waals surface area contributed by atoms with Crippen molar-refractivity contribution in [2.24, 2.45) is 11.7 Å². The second-order valence-electron chi connectivity index (χ2n) is 5.77. The van der Waals surface area contributed by atoms with Crippen LogP contribution in [0.25, 0.3) is 0 Å². The smallest absolute Gasteiger partial charge is 0.179 e. The van der Waals surface area contributed by atoms with Crippen LogP contribution in [-0.2, 0) is 6.54 Å². The minimum absolute atomic E-state index is 0.329. The van der Waals surface area contributed by atoms with Crippen molar-refractivity contribution in [2.45, 2.75) is 25.9 Å². The van der Waals surface area contributed by atoms with Crippen LogP contribution in [0.5, 0.6) is 11.5 Å². The zero-order valence-electron chi connectivity index (χ0n) is 11.8. The molecule has 1 saturated heterocycles. The largest absolute Gasteiger partial charge is 0.486 e. The topological polar surface area (TPSA) is 47.7 Å². The monoisotopic (exact) mass is 296 g/mol. The molecule has 1 fully saturated rings. The van der Waals surface area contributed by atoms with Gasteiger partial charge < -0.3 is 15.2 Å². The van der Waals surface area contributed by atoms with Crippen LogP contribution in [0.3, 0.4) is 0 Å². The molecular formula is C15H21ClN2O2. The van der Waals surface area contributed by atoms with E-state index in [2.05, 4.69) is 11.8 Å². The molecule has 20 heavy (non-hydrogen) atoms. The molecule has 2 aliphatic rings. The van der Waals surface area contributed by atoms with Crippen molar-refractivity contribution in [1.82, 2.24) is 4.90 Å². The molecule has 0 amide bonds. The molecule has 110 valence electrons. The summed E-state index contributed by atoms with van der Waals surface area (Å²) < 4.78 is 11.2. The van der Waals surface area contributed by atoms with Gasteiger partial charge in [0.25, 0.3) is 0 Å². The van der Waals surface area contributed by atoms with Gasteiger partial charge in [-0.25, -0.2) is 0 Å². The number of nitrogens with zero attached hydrogens (tertiary/aromatic N) is 1. The molecule has 3 rings (SSSR count). The Morgan fingerprint density at radius 1 is 1.35 bits per heavy atom. The number of likely N-dealkylation sites (tertiary alicyclic amines) is 1. The van der Waals surface area contributed by atoms with Crippen molar-refractivity contribution in [1.29, 1.82) is 0 Å².